The SMILES string of the molecule is C=C(C)/C(C)=C\C(C)=C/C.C=O.CC.CCCCC.CCCN(C(CC)CC)C1CCN(Cc2ccc(C)cc2C)CC1.NC1=CC(=O)C1. The molecule has 1 aliphatic heterocycles. The number of ketones is 1. The Morgan fingerprint density at radius 1 is 0.980 bits per heavy atom. The topological polar surface area (TPSA) is 66.6 Å². The van der Waals surface area contributed by atoms with E-state index in [4.69, 9.17) is 10.5 Å². The van der Waals surface area contributed by atoms with Crippen molar-refractivity contribution in [3.63, 3.8) is 0 Å². The molecule has 0 amide bonds. The molecule has 1 aromatic rings. The van der Waals surface area contributed by atoms with Gasteiger partial charge < -0.3 is 10.5 Å². The molecule has 1 heterocycles. The predicted octanol–water partition coefficient (Wildman–Crippen LogP) is 11.5. The van der Waals surface area contributed by atoms with E-state index in [9.17, 15) is 4.79 Å². The molecule has 3 rings (SSSR count). The quantitative estimate of drug-likeness (QED) is 0.222. The van der Waals surface area contributed by atoms with Gasteiger partial charge in [-0.3, -0.25) is 14.6 Å². The molecule has 49 heavy (non-hydrogen) atoms. The van der Waals surface area contributed by atoms with Crippen molar-refractivity contribution in [1.82, 2.24) is 9.80 Å². The minimum absolute atomic E-state index is 0.146. The molecule has 5 heteroatoms. The molecular formula is C44H79N3O2. The Balaban J connectivity index is -0.000000692. The lowest BCUT2D eigenvalue weighted by Crippen LogP contribution is -2.49. The maximum atomic E-state index is 9.95. The second-order valence-electron chi connectivity index (χ2n) is 13.0. The van der Waals surface area contributed by atoms with Crippen molar-refractivity contribution < 1.29 is 9.59 Å². The van der Waals surface area contributed by atoms with Crippen LogP contribution in [0.3, 0.4) is 0 Å². The smallest absolute Gasteiger partial charge is 0.163 e. The van der Waals surface area contributed by atoms with Gasteiger partial charge in [0.1, 0.15) is 6.79 Å². The molecule has 0 radical (unpaired) electrons. The molecule has 1 saturated heterocycles. The highest BCUT2D eigenvalue weighted by Gasteiger charge is 2.27. The van der Waals surface area contributed by atoms with Gasteiger partial charge in [-0.2, -0.15) is 0 Å². The van der Waals surface area contributed by atoms with Gasteiger partial charge >= 0.3 is 0 Å². The third-order valence-electron chi connectivity index (χ3n) is 8.82. The van der Waals surface area contributed by atoms with Crippen LogP contribution < -0.4 is 5.73 Å². The maximum Gasteiger partial charge on any atom is 0.163 e. The van der Waals surface area contributed by atoms with Gasteiger partial charge in [0.2, 0.25) is 0 Å². The molecule has 1 aromatic carbocycles. The van der Waals surface area contributed by atoms with Crippen molar-refractivity contribution >= 4 is 12.6 Å². The van der Waals surface area contributed by atoms with E-state index >= 15 is 0 Å². The molecule has 2 aliphatic rings. The normalized spacial score (nSPS) is 14.6. The van der Waals surface area contributed by atoms with E-state index in [1.54, 1.807) is 0 Å². The molecule has 0 aromatic heterocycles. The maximum absolute atomic E-state index is 9.95. The van der Waals surface area contributed by atoms with Gasteiger partial charge in [-0.25, -0.2) is 0 Å². The van der Waals surface area contributed by atoms with Crippen molar-refractivity contribution in [1.29, 1.82) is 0 Å². The highest BCUT2D eigenvalue weighted by molar-refractivity contribution is 5.98. The van der Waals surface area contributed by atoms with Crippen LogP contribution in [-0.4, -0.2) is 54.1 Å². The molecule has 0 bridgehead atoms. The number of piperidine rings is 1. The number of carbonyl (C=O) groups excluding carboxylic acids is 2. The Bertz CT molecular complexity index is 1090. The summed E-state index contributed by atoms with van der Waals surface area (Å²) in [6, 6.07) is 8.47. The summed E-state index contributed by atoms with van der Waals surface area (Å²) in [5, 5.41) is 0. The Morgan fingerprint density at radius 2 is 1.51 bits per heavy atom. The fourth-order valence-corrected chi connectivity index (χ4v) is 5.63. The average Bonchev–Trinajstić information content (AvgIpc) is 3.09. The first kappa shape index (κ1) is 50.6. The van der Waals surface area contributed by atoms with Crippen LogP contribution in [0.4, 0.5) is 0 Å². The minimum atomic E-state index is 0.146. The number of hydrogen-bond donors (Lipinski definition) is 1. The summed E-state index contributed by atoms with van der Waals surface area (Å²) in [5.41, 5.74) is 13.8. The highest BCUT2D eigenvalue weighted by Crippen LogP contribution is 2.24. The van der Waals surface area contributed by atoms with E-state index in [1.807, 2.05) is 34.5 Å². The van der Waals surface area contributed by atoms with E-state index in [0.717, 1.165) is 24.2 Å². The fraction of sp³-hybridized carbons (Fsp3) is 0.636. The summed E-state index contributed by atoms with van der Waals surface area (Å²) in [4.78, 5) is 23.4. The molecule has 0 atom stereocenters. The van der Waals surface area contributed by atoms with Crippen molar-refractivity contribution in [3.8, 4) is 0 Å². The first-order chi connectivity index (χ1) is 23.4. The molecule has 0 spiro atoms. The van der Waals surface area contributed by atoms with Crippen LogP contribution in [-0.2, 0) is 16.1 Å². The molecule has 1 aliphatic carbocycles. The van der Waals surface area contributed by atoms with Gasteiger partial charge in [-0.15, -0.1) is 0 Å². The molecule has 0 unspecified atom stereocenters. The number of nitrogens with zero attached hydrogens (tertiary/aromatic N) is 2. The molecule has 2 N–H and O–H groups in total. The molecule has 0 saturated carbocycles. The number of allylic oxidation sites excluding steroid dienone is 7. The van der Waals surface area contributed by atoms with Crippen LogP contribution in [0, 0.1) is 13.8 Å². The Hall–Kier alpha value is -2.76. The second kappa shape index (κ2) is 32.4. The van der Waals surface area contributed by atoms with E-state index < -0.39 is 0 Å². The number of benzene rings is 1. The van der Waals surface area contributed by atoms with E-state index in [0.29, 0.717) is 12.1 Å². The van der Waals surface area contributed by atoms with Gasteiger partial charge in [0.15, 0.2) is 5.78 Å². The Kier molecular flexibility index (Phi) is 33.5. The standard InChI is InChI=1S/C22H38N2.C10H16.C5H12.C4H5NO.C2H6.CH2O/c1-6-13-24(21(7-2)8-3)22-11-14-23(15-12-22)17-20-10-9-18(4)16-19(20)5;1-6-9(4)7-10(5)8(2)3;1-3-5-4-2;5-3-1-4(6)2-3;2*1-2/h9-10,16,21-22H,6-8,11-15,17H2,1-5H3;6-7H,2H2,1,3-5H3;3-5H2,1-2H3;1H,2,5H2;1-2H3;1H2/b;9-6-,10-7-;;;;. The lowest BCUT2D eigenvalue weighted by atomic mass is 9.97. The lowest BCUT2D eigenvalue weighted by molar-refractivity contribution is -0.115. The Labute approximate surface area is 305 Å². The molecule has 5 nitrogen and oxygen atoms in total. The summed E-state index contributed by atoms with van der Waals surface area (Å²) in [5.74, 6) is 0.146. The van der Waals surface area contributed by atoms with Crippen LogP contribution in [0.2, 0.25) is 0 Å². The van der Waals surface area contributed by atoms with Crippen molar-refractivity contribution in [3.05, 3.63) is 82.1 Å². The van der Waals surface area contributed by atoms with Crippen molar-refractivity contribution in [2.24, 2.45) is 5.73 Å². The number of nitrogens with two attached hydrogens (primary N) is 1. The van der Waals surface area contributed by atoms with Gasteiger partial charge in [-0.05, 0) is 110 Å². The number of aryl methyl sites for hydroxylation is 2. The zero-order valence-electron chi connectivity index (χ0n) is 34.5. The molecular weight excluding hydrogens is 603 g/mol. The number of unbranched alkanes of at least 4 members (excludes halogenated alkanes) is 2. The minimum Gasteiger partial charge on any atom is -0.402 e. The zero-order valence-corrected chi connectivity index (χ0v) is 34.5. The third-order valence-corrected chi connectivity index (χ3v) is 8.82. The summed E-state index contributed by atoms with van der Waals surface area (Å²) in [6.07, 6.45) is 16.8. The molecule has 1 fully saturated rings. The monoisotopic (exact) mass is 682 g/mol. The molecule has 282 valence electrons. The van der Waals surface area contributed by atoms with Crippen molar-refractivity contribution in [2.75, 3.05) is 19.6 Å². The van der Waals surface area contributed by atoms with Gasteiger partial charge in [0.25, 0.3) is 0 Å². The van der Waals surface area contributed by atoms with Gasteiger partial charge in [0, 0.05) is 30.4 Å². The van der Waals surface area contributed by atoms with Crippen LogP contribution in [0.25, 0.3) is 0 Å². The zero-order chi connectivity index (χ0) is 38.4. The van der Waals surface area contributed by atoms with E-state index in [2.05, 4.69) is 109 Å². The number of likely N-dealkylation sites (tertiary alicyclic amines) is 1. The largest absolute Gasteiger partial charge is 0.402 e. The predicted molar refractivity (Wildman–Crippen MR) is 219 cm³/mol. The van der Waals surface area contributed by atoms with Crippen molar-refractivity contribution in [2.45, 2.75) is 166 Å². The number of hydrogen-bond acceptors (Lipinski definition) is 5. The Morgan fingerprint density at radius 3 is 1.84 bits per heavy atom. The van der Waals surface area contributed by atoms with Crippen LogP contribution in [0.15, 0.2) is 65.4 Å². The van der Waals surface area contributed by atoms with Crippen LogP contribution >= 0.6 is 0 Å². The lowest BCUT2D eigenvalue weighted by Gasteiger charge is -2.42. The summed E-state index contributed by atoms with van der Waals surface area (Å²) in [7, 11) is 0. The van der Waals surface area contributed by atoms with Gasteiger partial charge in [0.05, 0.1) is 6.42 Å². The number of carbonyl (C=O) groups is 2. The highest BCUT2D eigenvalue weighted by atomic mass is 16.1. The van der Waals surface area contributed by atoms with Gasteiger partial charge in [-0.1, -0.05) is 121 Å². The number of rotatable bonds is 12. The first-order valence-electron chi connectivity index (χ1n) is 19.2. The summed E-state index contributed by atoms with van der Waals surface area (Å²) < 4.78 is 0. The van der Waals surface area contributed by atoms with Crippen LogP contribution in [0.5, 0.6) is 0 Å². The van der Waals surface area contributed by atoms with E-state index in [-0.39, 0.29) is 5.78 Å². The summed E-state index contributed by atoms with van der Waals surface area (Å²) >= 11 is 0. The fourth-order valence-electron chi connectivity index (χ4n) is 5.63. The van der Waals surface area contributed by atoms with Crippen LogP contribution in [0.1, 0.15) is 151 Å². The average molecular weight is 682 g/mol. The second-order valence-corrected chi connectivity index (χ2v) is 13.0. The third kappa shape index (κ3) is 24.1. The summed E-state index contributed by atoms with van der Waals surface area (Å²) in [6.45, 7) is 38.9. The van der Waals surface area contributed by atoms with E-state index in [1.165, 1.54) is 105 Å². The first-order valence-corrected chi connectivity index (χ1v) is 19.2.